The molecule has 1 heterocycles. The number of hydrogen-bond acceptors (Lipinski definition) is 3. The molecule has 0 aliphatic carbocycles. The summed E-state index contributed by atoms with van der Waals surface area (Å²) in [5.74, 6) is 1.14. The number of carbonyl (C=O) groups excluding carboxylic acids is 1. The van der Waals surface area contributed by atoms with Gasteiger partial charge in [-0.3, -0.25) is 4.79 Å². The predicted molar refractivity (Wildman–Crippen MR) is 118 cm³/mol. The third-order valence-corrected chi connectivity index (χ3v) is 5.07. The number of nitrogens with zero attached hydrogens (tertiary/aromatic N) is 1. The lowest BCUT2D eigenvalue weighted by Gasteiger charge is -2.19. The third-order valence-electron chi connectivity index (χ3n) is 4.82. The minimum absolute atomic E-state index is 0.0565. The van der Waals surface area contributed by atoms with Gasteiger partial charge in [0.15, 0.2) is 11.7 Å². The first-order valence-electron chi connectivity index (χ1n) is 9.79. The Morgan fingerprint density at radius 1 is 0.900 bits per heavy atom. The number of aryl methyl sites for hydroxylation is 1. The van der Waals surface area contributed by atoms with Gasteiger partial charge < -0.3 is 9.73 Å². The normalized spacial score (nSPS) is 10.9. The molecule has 4 rings (SSSR count). The molecule has 4 nitrogen and oxygen atoms in total. The summed E-state index contributed by atoms with van der Waals surface area (Å²) in [6.07, 6.45) is 2.39. The molecule has 0 aliphatic rings. The maximum Gasteiger partial charge on any atom is 0.221 e. The molecule has 1 N–H and O–H groups in total. The van der Waals surface area contributed by atoms with Gasteiger partial charge >= 0.3 is 0 Å². The van der Waals surface area contributed by atoms with Crippen LogP contribution in [0.3, 0.4) is 0 Å². The largest absolute Gasteiger partial charge is 0.441 e. The van der Waals surface area contributed by atoms with Crippen molar-refractivity contribution in [3.05, 3.63) is 113 Å². The van der Waals surface area contributed by atoms with Gasteiger partial charge in [-0.25, -0.2) is 4.98 Å². The smallest absolute Gasteiger partial charge is 0.221 e. The number of carbonyl (C=O) groups is 1. The summed E-state index contributed by atoms with van der Waals surface area (Å²) in [5, 5.41) is 3.81. The fraction of sp³-hybridized carbons (Fsp3) is 0.120. The number of hydrogen-bond donors (Lipinski definition) is 1. The van der Waals surface area contributed by atoms with E-state index in [1.807, 2.05) is 72.8 Å². The summed E-state index contributed by atoms with van der Waals surface area (Å²) in [6, 6.07) is 27.1. The topological polar surface area (TPSA) is 55.1 Å². The third kappa shape index (κ3) is 4.97. The summed E-state index contributed by atoms with van der Waals surface area (Å²) in [5.41, 5.74) is 2.98. The van der Waals surface area contributed by atoms with Crippen molar-refractivity contribution in [1.29, 1.82) is 0 Å². The molecule has 1 aromatic heterocycles. The molecule has 0 atom stereocenters. The van der Waals surface area contributed by atoms with Gasteiger partial charge in [-0.15, -0.1) is 0 Å². The molecule has 0 aliphatic heterocycles. The van der Waals surface area contributed by atoms with E-state index in [1.165, 1.54) is 0 Å². The fourth-order valence-electron chi connectivity index (χ4n) is 3.28. The zero-order valence-corrected chi connectivity index (χ0v) is 17.0. The van der Waals surface area contributed by atoms with Crippen LogP contribution in [0.25, 0.3) is 11.3 Å². The summed E-state index contributed by atoms with van der Waals surface area (Å²) >= 11 is 5.93. The van der Waals surface area contributed by atoms with Crippen molar-refractivity contribution in [3.63, 3.8) is 0 Å². The van der Waals surface area contributed by atoms with Crippen LogP contribution < -0.4 is 5.32 Å². The highest BCUT2D eigenvalue weighted by atomic mass is 35.5. The van der Waals surface area contributed by atoms with Crippen molar-refractivity contribution < 1.29 is 9.21 Å². The Morgan fingerprint density at radius 3 is 2.10 bits per heavy atom. The number of amides is 1. The van der Waals surface area contributed by atoms with E-state index in [0.717, 1.165) is 16.7 Å². The van der Waals surface area contributed by atoms with Crippen molar-refractivity contribution in [2.75, 3.05) is 0 Å². The van der Waals surface area contributed by atoms with E-state index >= 15 is 0 Å². The summed E-state index contributed by atoms with van der Waals surface area (Å²) in [6.45, 7) is 0. The van der Waals surface area contributed by atoms with E-state index in [4.69, 9.17) is 16.0 Å². The molecule has 5 heteroatoms. The second-order valence-corrected chi connectivity index (χ2v) is 7.38. The SMILES string of the molecule is O=C(CCc1ncc(-c2ccc(Cl)cc2)o1)NC(c1ccccc1)c1ccccc1. The molecule has 4 aromatic rings. The molecule has 150 valence electrons. The Morgan fingerprint density at radius 2 is 1.50 bits per heavy atom. The Kier molecular flexibility index (Phi) is 6.26. The average Bonchev–Trinajstić information content (AvgIpc) is 3.27. The molecule has 0 fully saturated rings. The van der Waals surface area contributed by atoms with Gasteiger partial charge in [0.1, 0.15) is 0 Å². The Bertz CT molecular complexity index is 1050. The van der Waals surface area contributed by atoms with Crippen LogP contribution in [-0.4, -0.2) is 10.9 Å². The second-order valence-electron chi connectivity index (χ2n) is 6.95. The van der Waals surface area contributed by atoms with E-state index in [2.05, 4.69) is 10.3 Å². The van der Waals surface area contributed by atoms with Crippen LogP contribution in [0.4, 0.5) is 0 Å². The van der Waals surface area contributed by atoms with Gasteiger partial charge in [0.05, 0.1) is 12.2 Å². The maximum absolute atomic E-state index is 12.7. The van der Waals surface area contributed by atoms with Gasteiger partial charge in [0.2, 0.25) is 5.91 Å². The average molecular weight is 417 g/mol. The molecule has 0 bridgehead atoms. The molecule has 0 spiro atoms. The van der Waals surface area contributed by atoms with Gasteiger partial charge in [-0.05, 0) is 35.4 Å². The minimum atomic E-state index is -0.200. The van der Waals surface area contributed by atoms with Crippen LogP contribution in [-0.2, 0) is 11.2 Å². The van der Waals surface area contributed by atoms with Gasteiger partial charge in [-0.2, -0.15) is 0 Å². The van der Waals surface area contributed by atoms with Crippen LogP contribution in [0.15, 0.2) is 95.5 Å². The molecule has 0 saturated heterocycles. The maximum atomic E-state index is 12.7. The highest BCUT2D eigenvalue weighted by Crippen LogP contribution is 2.24. The number of rotatable bonds is 7. The van der Waals surface area contributed by atoms with Crippen molar-refractivity contribution in [2.45, 2.75) is 18.9 Å². The molecule has 1 amide bonds. The van der Waals surface area contributed by atoms with Crippen LogP contribution in [0, 0.1) is 0 Å². The monoisotopic (exact) mass is 416 g/mol. The molecule has 0 unspecified atom stereocenters. The lowest BCUT2D eigenvalue weighted by atomic mass is 9.98. The number of nitrogens with one attached hydrogen (secondary N) is 1. The molecule has 3 aromatic carbocycles. The Hall–Kier alpha value is -3.37. The Labute approximate surface area is 180 Å². The van der Waals surface area contributed by atoms with Crippen molar-refractivity contribution >= 4 is 17.5 Å². The molecule has 0 saturated carbocycles. The van der Waals surface area contributed by atoms with Crippen LogP contribution in [0.1, 0.15) is 29.5 Å². The van der Waals surface area contributed by atoms with E-state index in [-0.39, 0.29) is 18.4 Å². The van der Waals surface area contributed by atoms with Crippen molar-refractivity contribution in [2.24, 2.45) is 0 Å². The van der Waals surface area contributed by atoms with Crippen LogP contribution in [0.2, 0.25) is 5.02 Å². The zero-order chi connectivity index (χ0) is 20.8. The van der Waals surface area contributed by atoms with Crippen molar-refractivity contribution in [3.8, 4) is 11.3 Å². The second kappa shape index (κ2) is 9.42. The van der Waals surface area contributed by atoms with Gasteiger partial charge in [-0.1, -0.05) is 72.3 Å². The minimum Gasteiger partial charge on any atom is -0.441 e. The van der Waals surface area contributed by atoms with Gasteiger partial charge in [0, 0.05) is 23.4 Å². The first kappa shape index (κ1) is 19.9. The van der Waals surface area contributed by atoms with Crippen LogP contribution in [0.5, 0.6) is 0 Å². The quantitative estimate of drug-likeness (QED) is 0.412. The van der Waals surface area contributed by atoms with Crippen LogP contribution >= 0.6 is 11.6 Å². The summed E-state index contributed by atoms with van der Waals surface area (Å²) < 4.78 is 5.80. The first-order valence-corrected chi connectivity index (χ1v) is 10.2. The lowest BCUT2D eigenvalue weighted by molar-refractivity contribution is -0.121. The van der Waals surface area contributed by atoms with E-state index in [9.17, 15) is 4.79 Å². The summed E-state index contributed by atoms with van der Waals surface area (Å²) in [7, 11) is 0. The summed E-state index contributed by atoms with van der Waals surface area (Å²) in [4.78, 5) is 17.0. The standard InChI is InChI=1S/C25H21ClN2O2/c26-21-13-11-18(12-14-21)22-17-27-24(30-22)16-15-23(29)28-25(19-7-3-1-4-8-19)20-9-5-2-6-10-20/h1-14,17,25H,15-16H2,(H,28,29). The number of benzene rings is 3. The lowest BCUT2D eigenvalue weighted by Crippen LogP contribution is -2.29. The number of oxazole rings is 1. The van der Waals surface area contributed by atoms with Gasteiger partial charge in [0.25, 0.3) is 0 Å². The number of aromatic nitrogens is 1. The molecular weight excluding hydrogens is 396 g/mol. The Balaban J connectivity index is 1.41. The van der Waals surface area contributed by atoms with E-state index in [0.29, 0.717) is 23.1 Å². The zero-order valence-electron chi connectivity index (χ0n) is 16.3. The predicted octanol–water partition coefficient (Wildman–Crippen LogP) is 5.83. The molecule has 0 radical (unpaired) electrons. The molecular formula is C25H21ClN2O2. The highest BCUT2D eigenvalue weighted by Gasteiger charge is 2.17. The number of halogens is 1. The van der Waals surface area contributed by atoms with Crippen molar-refractivity contribution in [1.82, 2.24) is 10.3 Å². The highest BCUT2D eigenvalue weighted by molar-refractivity contribution is 6.30. The molecule has 30 heavy (non-hydrogen) atoms. The van der Waals surface area contributed by atoms with E-state index in [1.54, 1.807) is 18.3 Å². The first-order chi connectivity index (χ1) is 14.7. The fourth-order valence-corrected chi connectivity index (χ4v) is 3.40. The van der Waals surface area contributed by atoms with E-state index < -0.39 is 0 Å².